The molecule has 0 unspecified atom stereocenters. The summed E-state index contributed by atoms with van der Waals surface area (Å²) >= 11 is 0. The van der Waals surface area contributed by atoms with Crippen LogP contribution in [-0.4, -0.2) is 47.8 Å². The number of benzene rings is 1. The number of aromatic nitrogens is 6. The Kier molecular flexibility index (Phi) is 6.80. The van der Waals surface area contributed by atoms with Crippen LogP contribution in [0.15, 0.2) is 47.5 Å². The van der Waals surface area contributed by atoms with Crippen LogP contribution >= 0.6 is 0 Å². The van der Waals surface area contributed by atoms with Crippen molar-refractivity contribution in [3.63, 3.8) is 0 Å². The van der Waals surface area contributed by atoms with Gasteiger partial charge >= 0.3 is 6.18 Å². The monoisotopic (exact) mass is 581 g/mol. The van der Waals surface area contributed by atoms with Crippen molar-refractivity contribution in [2.45, 2.75) is 25.6 Å². The van der Waals surface area contributed by atoms with Gasteiger partial charge < -0.3 is 10.2 Å². The topological polar surface area (TPSA) is 117 Å². The van der Waals surface area contributed by atoms with Gasteiger partial charge in [0.1, 0.15) is 22.6 Å². The van der Waals surface area contributed by atoms with Crippen LogP contribution in [0.2, 0.25) is 0 Å². The number of nitrogens with one attached hydrogen (secondary N) is 1. The van der Waals surface area contributed by atoms with E-state index < -0.39 is 81.4 Å². The lowest BCUT2D eigenvalue weighted by atomic mass is 10.1. The Balaban J connectivity index is 1.70. The van der Waals surface area contributed by atoms with Gasteiger partial charge in [-0.1, -0.05) is 4.85 Å². The van der Waals surface area contributed by atoms with Crippen LogP contribution in [0.25, 0.3) is 27.9 Å². The van der Waals surface area contributed by atoms with Crippen LogP contribution in [0.1, 0.15) is 23.7 Å². The van der Waals surface area contributed by atoms with Crippen LogP contribution < -0.4 is 15.6 Å². The van der Waals surface area contributed by atoms with E-state index in [4.69, 9.17) is 4.84 Å². The number of rotatable bonds is 6. The van der Waals surface area contributed by atoms with Gasteiger partial charge in [-0.15, -0.1) is 5.10 Å². The van der Waals surface area contributed by atoms with E-state index in [1.165, 1.54) is 18.3 Å². The van der Waals surface area contributed by atoms with Gasteiger partial charge in [0.15, 0.2) is 23.1 Å². The highest BCUT2D eigenvalue weighted by molar-refractivity contribution is 5.97. The molecule has 4 heterocycles. The summed E-state index contributed by atoms with van der Waals surface area (Å²) < 4.78 is 97.2. The molecule has 0 saturated carbocycles. The number of amides is 1. The van der Waals surface area contributed by atoms with Gasteiger partial charge in [-0.3, -0.25) is 14.2 Å². The van der Waals surface area contributed by atoms with Crippen LogP contribution in [0.4, 0.5) is 30.7 Å². The second-order valence-corrected chi connectivity index (χ2v) is 8.70. The quantitative estimate of drug-likeness (QED) is 0.302. The van der Waals surface area contributed by atoms with Gasteiger partial charge in [0, 0.05) is 30.6 Å². The Morgan fingerprint density at radius 2 is 1.78 bits per heavy atom. The zero-order valence-corrected chi connectivity index (χ0v) is 20.4. The minimum Gasteiger partial charge on any atom is -0.349 e. The lowest BCUT2D eigenvalue weighted by Gasteiger charge is -2.18. The molecule has 1 aromatic carbocycles. The lowest BCUT2D eigenvalue weighted by Crippen LogP contribution is -2.38. The highest BCUT2D eigenvalue weighted by atomic mass is 19.4. The molecule has 0 aliphatic carbocycles. The van der Waals surface area contributed by atoms with E-state index in [9.17, 15) is 35.9 Å². The Morgan fingerprint density at radius 1 is 1.07 bits per heavy atom. The molecule has 17 heteroatoms. The number of fused-ring (bicyclic) bond motifs is 2. The maximum atomic E-state index is 15.1. The van der Waals surface area contributed by atoms with E-state index in [0.29, 0.717) is 33.8 Å². The van der Waals surface area contributed by atoms with Gasteiger partial charge in [0.2, 0.25) is 11.1 Å². The minimum atomic E-state index is -4.66. The summed E-state index contributed by atoms with van der Waals surface area (Å²) in [4.78, 5) is 39.8. The van der Waals surface area contributed by atoms with Crippen LogP contribution in [0.3, 0.4) is 0 Å². The third-order valence-electron chi connectivity index (χ3n) is 5.64. The molecule has 0 fully saturated rings. The first-order valence-corrected chi connectivity index (χ1v) is 11.5. The second-order valence-electron chi connectivity index (χ2n) is 8.70. The molecule has 1 amide bonds. The van der Waals surface area contributed by atoms with Gasteiger partial charge in [-0.2, -0.15) is 18.2 Å². The summed E-state index contributed by atoms with van der Waals surface area (Å²) in [6.45, 7) is 1.01. The predicted molar refractivity (Wildman–Crippen MR) is 126 cm³/mol. The maximum absolute atomic E-state index is 15.1. The molecule has 1 atom stereocenters. The van der Waals surface area contributed by atoms with Crippen molar-refractivity contribution in [1.82, 2.24) is 35.0 Å². The van der Waals surface area contributed by atoms with Crippen molar-refractivity contribution in [3.8, 4) is 11.6 Å². The van der Waals surface area contributed by atoms with E-state index in [0.717, 1.165) is 6.92 Å². The lowest BCUT2D eigenvalue weighted by molar-refractivity contribution is -0.138. The van der Waals surface area contributed by atoms with Gasteiger partial charge in [0.05, 0.1) is 11.8 Å². The number of carbonyl (C=O) groups is 1. The molecule has 4 aromatic heterocycles. The standard InChI is InChI=1S/C24H14F7N7O3/c1-10(8-24(29,30)31)33-22(40)13-9-37(18-14(26)5-11(25)6-15(18)27)20-12(19(13)39)7-16(28)23(34-20)41-38-21-17(35-36-38)3-2-4-32-21/h2-7,9-10H,8H2,1H3,(H,33,40)/t10-/m0/s1. The smallest absolute Gasteiger partial charge is 0.349 e. The Bertz CT molecular complexity index is 1870. The van der Waals surface area contributed by atoms with Crippen LogP contribution in [0.5, 0.6) is 5.88 Å². The zero-order chi connectivity index (χ0) is 29.6. The van der Waals surface area contributed by atoms with Crippen molar-refractivity contribution >= 4 is 28.1 Å². The molecule has 0 aliphatic heterocycles. The number of halogens is 7. The normalized spacial score (nSPS) is 12.6. The molecule has 0 spiro atoms. The molecule has 212 valence electrons. The molecule has 0 saturated heterocycles. The summed E-state index contributed by atoms with van der Waals surface area (Å²) in [6, 6.07) is 2.67. The Labute approximate surface area is 222 Å². The molecule has 0 bridgehead atoms. The predicted octanol–water partition coefficient (Wildman–Crippen LogP) is 3.99. The van der Waals surface area contributed by atoms with E-state index in [1.807, 2.05) is 5.32 Å². The van der Waals surface area contributed by atoms with Crippen LogP contribution in [-0.2, 0) is 0 Å². The fourth-order valence-corrected chi connectivity index (χ4v) is 3.96. The van der Waals surface area contributed by atoms with Crippen molar-refractivity contribution in [3.05, 3.63) is 81.8 Å². The van der Waals surface area contributed by atoms with E-state index in [2.05, 4.69) is 20.3 Å². The fourth-order valence-electron chi connectivity index (χ4n) is 3.96. The number of pyridine rings is 3. The highest BCUT2D eigenvalue weighted by Crippen LogP contribution is 2.27. The fraction of sp³-hybridized carbons (Fsp3) is 0.167. The average Bonchev–Trinajstić information content (AvgIpc) is 3.27. The first-order chi connectivity index (χ1) is 19.3. The molecule has 5 aromatic rings. The van der Waals surface area contributed by atoms with Crippen LogP contribution in [0, 0.1) is 23.3 Å². The minimum absolute atomic E-state index is 0.0295. The summed E-state index contributed by atoms with van der Waals surface area (Å²) in [5, 5.41) is 8.67. The summed E-state index contributed by atoms with van der Waals surface area (Å²) in [6.07, 6.45) is -4.17. The van der Waals surface area contributed by atoms with Crippen molar-refractivity contribution in [2.75, 3.05) is 0 Å². The molecule has 5 rings (SSSR count). The largest absolute Gasteiger partial charge is 0.391 e. The molecular weight excluding hydrogens is 567 g/mol. The van der Waals surface area contributed by atoms with Gasteiger partial charge in [-0.25, -0.2) is 22.5 Å². The number of hydrogen-bond acceptors (Lipinski definition) is 7. The third-order valence-corrected chi connectivity index (χ3v) is 5.64. The number of carbonyl (C=O) groups excluding carboxylic acids is 1. The molecule has 10 nitrogen and oxygen atoms in total. The van der Waals surface area contributed by atoms with E-state index in [1.54, 1.807) is 0 Å². The Morgan fingerprint density at radius 3 is 2.46 bits per heavy atom. The van der Waals surface area contributed by atoms with Crippen molar-refractivity contribution in [2.24, 2.45) is 0 Å². The molecule has 1 N–H and O–H groups in total. The highest BCUT2D eigenvalue weighted by Gasteiger charge is 2.31. The van der Waals surface area contributed by atoms with E-state index >= 15 is 4.39 Å². The summed E-state index contributed by atoms with van der Waals surface area (Å²) in [5.41, 5.74) is -3.56. The third kappa shape index (κ3) is 5.37. The van der Waals surface area contributed by atoms with Gasteiger partial charge in [0.25, 0.3) is 11.8 Å². The Hall–Kier alpha value is -5.09. The molecule has 0 radical (unpaired) electrons. The molecule has 41 heavy (non-hydrogen) atoms. The SMILES string of the molecule is C[C@@H](CC(F)(F)F)NC(=O)c1cn(-c2c(F)cc(F)cc2F)c2nc(On3nnc4cccnc43)c(F)cc2c1=O. The first-order valence-electron chi connectivity index (χ1n) is 11.5. The van der Waals surface area contributed by atoms with Gasteiger partial charge in [-0.05, 0) is 30.3 Å². The number of hydrogen-bond donors (Lipinski definition) is 1. The first kappa shape index (κ1) is 27.5. The maximum Gasteiger partial charge on any atom is 0.391 e. The molecule has 0 aliphatic rings. The molecular formula is C24H14F7N7O3. The zero-order valence-electron chi connectivity index (χ0n) is 20.4. The number of alkyl halides is 3. The summed E-state index contributed by atoms with van der Waals surface area (Å²) in [7, 11) is 0. The second kappa shape index (κ2) is 10.1. The summed E-state index contributed by atoms with van der Waals surface area (Å²) in [5.74, 6) is -7.85. The number of nitrogens with zero attached hydrogens (tertiary/aromatic N) is 6. The van der Waals surface area contributed by atoms with Crippen molar-refractivity contribution < 1.29 is 40.4 Å². The average molecular weight is 581 g/mol. The van der Waals surface area contributed by atoms with Crippen molar-refractivity contribution in [1.29, 1.82) is 0 Å². The van der Waals surface area contributed by atoms with E-state index in [-0.39, 0.29) is 11.2 Å².